The van der Waals surface area contributed by atoms with Crippen LogP contribution in [0.1, 0.15) is 33.1 Å². The third-order valence-corrected chi connectivity index (χ3v) is 5.07. The largest absolute Gasteiger partial charge is 0.321 e. The number of benzene rings is 1. The first kappa shape index (κ1) is 17.4. The van der Waals surface area contributed by atoms with Gasteiger partial charge in [0.2, 0.25) is 0 Å². The Labute approximate surface area is 155 Å². The number of anilines is 1. The van der Waals surface area contributed by atoms with Gasteiger partial charge < -0.3 is 5.32 Å². The van der Waals surface area contributed by atoms with E-state index in [1.54, 1.807) is 4.68 Å². The summed E-state index contributed by atoms with van der Waals surface area (Å²) in [5.74, 6) is -0.234. The molecule has 1 N–H and O–H groups in total. The van der Waals surface area contributed by atoms with Crippen molar-refractivity contribution in [2.24, 2.45) is 7.05 Å². The minimum absolute atomic E-state index is 0.234. The number of halogens is 1. The van der Waals surface area contributed by atoms with E-state index in [-0.39, 0.29) is 5.91 Å². The van der Waals surface area contributed by atoms with Crippen LogP contribution in [0.5, 0.6) is 0 Å². The molecule has 0 atom stereocenters. The molecule has 7 heteroatoms. The number of amides is 1. The van der Waals surface area contributed by atoms with Crippen molar-refractivity contribution in [2.75, 3.05) is 5.32 Å². The second-order valence-electron chi connectivity index (χ2n) is 6.11. The summed E-state index contributed by atoms with van der Waals surface area (Å²) >= 11 is 3.42. The molecule has 3 aromatic rings. The molecule has 0 fully saturated rings. The highest BCUT2D eigenvalue weighted by Gasteiger charge is 2.17. The van der Waals surface area contributed by atoms with E-state index in [9.17, 15) is 4.79 Å². The minimum Gasteiger partial charge on any atom is -0.321 e. The molecule has 0 saturated carbocycles. The van der Waals surface area contributed by atoms with E-state index in [1.165, 1.54) is 0 Å². The van der Waals surface area contributed by atoms with Gasteiger partial charge in [0.25, 0.3) is 5.91 Å². The smallest absolute Gasteiger partial charge is 0.277 e. The van der Waals surface area contributed by atoms with Gasteiger partial charge in [-0.3, -0.25) is 14.2 Å². The lowest BCUT2D eigenvalue weighted by Crippen LogP contribution is -2.13. The predicted molar refractivity (Wildman–Crippen MR) is 101 cm³/mol. The average molecular weight is 402 g/mol. The lowest BCUT2D eigenvalue weighted by molar-refractivity contribution is 0.102. The molecule has 0 bridgehead atoms. The topological polar surface area (TPSA) is 64.7 Å². The van der Waals surface area contributed by atoms with Crippen molar-refractivity contribution in [2.45, 2.75) is 27.3 Å². The number of carbonyl (C=O) groups is 1. The molecule has 0 saturated heterocycles. The molecule has 6 nitrogen and oxygen atoms in total. The van der Waals surface area contributed by atoms with Crippen LogP contribution in [0.25, 0.3) is 0 Å². The van der Waals surface area contributed by atoms with Gasteiger partial charge in [0, 0.05) is 18.4 Å². The van der Waals surface area contributed by atoms with E-state index in [0.29, 0.717) is 16.7 Å². The van der Waals surface area contributed by atoms with Crippen molar-refractivity contribution in [3.8, 4) is 0 Å². The molecule has 0 aliphatic rings. The van der Waals surface area contributed by atoms with Gasteiger partial charge in [-0.2, -0.15) is 10.2 Å². The van der Waals surface area contributed by atoms with Crippen molar-refractivity contribution in [3.63, 3.8) is 0 Å². The van der Waals surface area contributed by atoms with Crippen molar-refractivity contribution in [1.82, 2.24) is 19.6 Å². The second-order valence-corrected chi connectivity index (χ2v) is 6.90. The van der Waals surface area contributed by atoms with Gasteiger partial charge in [0.05, 0.1) is 22.4 Å². The maximum absolute atomic E-state index is 12.4. The number of hydrogen-bond acceptors (Lipinski definition) is 3. The standard InChI is InChI=1S/C18H20BrN5O/c1-11-9-12(2)24(21-11)10-14-5-7-15(8-6-14)20-18(25)17-16(19)13(3)23(4)22-17/h5-9H,10H2,1-4H3,(H,20,25). The second kappa shape index (κ2) is 6.84. The Bertz CT molecular complexity index is 924. The highest BCUT2D eigenvalue weighted by molar-refractivity contribution is 9.10. The van der Waals surface area contributed by atoms with Crippen LogP contribution < -0.4 is 5.32 Å². The van der Waals surface area contributed by atoms with E-state index < -0.39 is 0 Å². The van der Waals surface area contributed by atoms with E-state index in [2.05, 4.69) is 37.5 Å². The molecule has 130 valence electrons. The number of aromatic nitrogens is 4. The summed E-state index contributed by atoms with van der Waals surface area (Å²) in [6.07, 6.45) is 0. The fourth-order valence-electron chi connectivity index (χ4n) is 2.62. The van der Waals surface area contributed by atoms with E-state index in [4.69, 9.17) is 0 Å². The van der Waals surface area contributed by atoms with Crippen molar-refractivity contribution in [3.05, 3.63) is 63.1 Å². The first-order valence-electron chi connectivity index (χ1n) is 7.95. The van der Waals surface area contributed by atoms with Crippen molar-refractivity contribution >= 4 is 27.5 Å². The van der Waals surface area contributed by atoms with E-state index in [1.807, 2.05) is 56.8 Å². The van der Waals surface area contributed by atoms with Crippen LogP contribution in [0.3, 0.4) is 0 Å². The highest BCUT2D eigenvalue weighted by Crippen LogP contribution is 2.21. The molecule has 0 spiro atoms. The summed E-state index contributed by atoms with van der Waals surface area (Å²) in [4.78, 5) is 12.4. The lowest BCUT2D eigenvalue weighted by Gasteiger charge is -2.07. The number of nitrogens with zero attached hydrogens (tertiary/aromatic N) is 4. The van der Waals surface area contributed by atoms with Crippen LogP contribution in [0, 0.1) is 20.8 Å². The van der Waals surface area contributed by atoms with Gasteiger partial charge in [-0.15, -0.1) is 0 Å². The fraction of sp³-hybridized carbons (Fsp3) is 0.278. The van der Waals surface area contributed by atoms with Crippen molar-refractivity contribution in [1.29, 1.82) is 0 Å². The zero-order valence-electron chi connectivity index (χ0n) is 14.7. The maximum Gasteiger partial charge on any atom is 0.277 e. The number of carbonyl (C=O) groups excluding carboxylic acids is 1. The summed E-state index contributed by atoms with van der Waals surface area (Å²) < 4.78 is 4.36. The first-order valence-corrected chi connectivity index (χ1v) is 8.75. The minimum atomic E-state index is -0.234. The summed E-state index contributed by atoms with van der Waals surface area (Å²) in [6, 6.07) is 9.82. The highest BCUT2D eigenvalue weighted by atomic mass is 79.9. The zero-order valence-corrected chi connectivity index (χ0v) is 16.3. The van der Waals surface area contributed by atoms with Crippen molar-refractivity contribution < 1.29 is 4.79 Å². The van der Waals surface area contributed by atoms with E-state index in [0.717, 1.165) is 28.3 Å². The molecular formula is C18H20BrN5O. The third-order valence-electron chi connectivity index (χ3n) is 4.12. The molecule has 0 radical (unpaired) electrons. The van der Waals surface area contributed by atoms with Gasteiger partial charge >= 0.3 is 0 Å². The Morgan fingerprint density at radius 1 is 1.16 bits per heavy atom. The van der Waals surface area contributed by atoms with Gasteiger partial charge in [0.1, 0.15) is 0 Å². The van der Waals surface area contributed by atoms with Gasteiger partial charge in [-0.1, -0.05) is 12.1 Å². The Kier molecular flexibility index (Phi) is 4.76. The Morgan fingerprint density at radius 3 is 2.36 bits per heavy atom. The normalized spacial score (nSPS) is 10.9. The summed E-state index contributed by atoms with van der Waals surface area (Å²) in [7, 11) is 1.81. The number of aryl methyl sites for hydroxylation is 3. The number of hydrogen-bond donors (Lipinski definition) is 1. The van der Waals surface area contributed by atoms with Crippen LogP contribution in [-0.2, 0) is 13.6 Å². The Hall–Kier alpha value is -2.41. The monoisotopic (exact) mass is 401 g/mol. The maximum atomic E-state index is 12.4. The van der Waals surface area contributed by atoms with Gasteiger partial charge in [-0.25, -0.2) is 0 Å². The zero-order chi connectivity index (χ0) is 18.1. The number of rotatable bonds is 4. The molecule has 1 aromatic carbocycles. The molecule has 2 aromatic heterocycles. The fourth-order valence-corrected chi connectivity index (χ4v) is 3.14. The molecular weight excluding hydrogens is 382 g/mol. The predicted octanol–water partition coefficient (Wildman–Crippen LogP) is 3.60. The summed E-state index contributed by atoms with van der Waals surface area (Å²) in [5, 5.41) is 11.6. The van der Waals surface area contributed by atoms with Crippen LogP contribution >= 0.6 is 15.9 Å². The molecule has 0 aliphatic carbocycles. The van der Waals surface area contributed by atoms with Crippen LogP contribution in [0.2, 0.25) is 0 Å². The summed E-state index contributed by atoms with van der Waals surface area (Å²) in [6.45, 7) is 6.64. The molecule has 0 aliphatic heterocycles. The van der Waals surface area contributed by atoms with E-state index >= 15 is 0 Å². The first-order chi connectivity index (χ1) is 11.8. The molecule has 3 rings (SSSR count). The molecule has 1 amide bonds. The molecule has 25 heavy (non-hydrogen) atoms. The van der Waals surface area contributed by atoms with Crippen LogP contribution in [0.15, 0.2) is 34.8 Å². The van der Waals surface area contributed by atoms with Crippen LogP contribution in [0.4, 0.5) is 5.69 Å². The van der Waals surface area contributed by atoms with Gasteiger partial charge in [0.15, 0.2) is 5.69 Å². The van der Waals surface area contributed by atoms with Crippen LogP contribution in [-0.4, -0.2) is 25.5 Å². The Morgan fingerprint density at radius 2 is 1.84 bits per heavy atom. The average Bonchev–Trinajstić information content (AvgIpc) is 3.02. The van der Waals surface area contributed by atoms with Gasteiger partial charge in [-0.05, 0) is 60.5 Å². The quantitative estimate of drug-likeness (QED) is 0.725. The SMILES string of the molecule is Cc1cc(C)n(Cc2ccc(NC(=O)c3nn(C)c(C)c3Br)cc2)n1. The molecule has 0 unspecified atom stereocenters. The third kappa shape index (κ3) is 3.66. The summed E-state index contributed by atoms with van der Waals surface area (Å²) in [5.41, 5.74) is 5.29. The number of nitrogens with one attached hydrogen (secondary N) is 1. The molecule has 2 heterocycles. The lowest BCUT2D eigenvalue weighted by atomic mass is 10.2. The Balaban J connectivity index is 1.71.